The van der Waals surface area contributed by atoms with Crippen molar-refractivity contribution in [3.8, 4) is 0 Å². The number of carboxylic acid groups (broad SMARTS) is 1. The molecule has 2 unspecified atom stereocenters. The molecule has 0 aromatic rings. The van der Waals surface area contributed by atoms with Crippen molar-refractivity contribution >= 4 is 53.6 Å². The van der Waals surface area contributed by atoms with Crippen molar-refractivity contribution in [3.63, 3.8) is 0 Å². The molecule has 7 N–H and O–H groups in total. The summed E-state index contributed by atoms with van der Waals surface area (Å²) < 4.78 is 5.18. The average Bonchev–Trinajstić information content (AvgIpc) is 3.72. The molecule has 4 aliphatic rings. The summed E-state index contributed by atoms with van der Waals surface area (Å²) in [6.45, 7) is 6.86. The van der Waals surface area contributed by atoms with E-state index in [4.69, 9.17) is 9.84 Å². The number of urea groups is 2. The van der Waals surface area contributed by atoms with Crippen LogP contribution in [0, 0.1) is 0 Å². The van der Waals surface area contributed by atoms with Gasteiger partial charge in [-0.3, -0.25) is 9.59 Å². The van der Waals surface area contributed by atoms with Crippen LogP contribution in [-0.2, 0) is 14.3 Å². The molecule has 0 aliphatic carbocycles. The van der Waals surface area contributed by atoms with Crippen LogP contribution in [0.1, 0.15) is 97.8 Å². The highest BCUT2D eigenvalue weighted by molar-refractivity contribution is 8.00. The summed E-state index contributed by atoms with van der Waals surface area (Å²) in [7, 11) is 0. The van der Waals surface area contributed by atoms with Gasteiger partial charge in [0.1, 0.15) is 5.60 Å². The first-order valence-corrected chi connectivity index (χ1v) is 18.8. The summed E-state index contributed by atoms with van der Waals surface area (Å²) in [5.74, 6) is 1.33. The van der Waals surface area contributed by atoms with E-state index in [9.17, 15) is 24.0 Å². The number of amides is 6. The molecule has 6 atom stereocenters. The first-order valence-electron chi connectivity index (χ1n) is 16.7. The number of fused-ring (bicyclic) bond motifs is 2. The van der Waals surface area contributed by atoms with E-state index in [1.54, 1.807) is 0 Å². The van der Waals surface area contributed by atoms with Crippen molar-refractivity contribution < 1.29 is 33.8 Å². The molecule has 0 aromatic heterocycles. The lowest BCUT2D eigenvalue weighted by Gasteiger charge is -2.19. The molecule has 13 nitrogen and oxygen atoms in total. The minimum atomic E-state index is -0.729. The number of hydrogen-bond acceptors (Lipinski definition) is 8. The van der Waals surface area contributed by atoms with Gasteiger partial charge in [0.2, 0.25) is 5.91 Å². The summed E-state index contributed by atoms with van der Waals surface area (Å²) >= 11 is 3.79. The number of rotatable bonds is 17. The number of nitrogens with one attached hydrogen (secondary N) is 6. The van der Waals surface area contributed by atoms with Crippen LogP contribution in [0.4, 0.5) is 14.4 Å². The molecule has 0 radical (unpaired) electrons. The van der Waals surface area contributed by atoms with Gasteiger partial charge in [0.15, 0.2) is 0 Å². The van der Waals surface area contributed by atoms with Gasteiger partial charge in [-0.25, -0.2) is 14.4 Å². The van der Waals surface area contributed by atoms with Gasteiger partial charge in [-0.05, 0) is 59.3 Å². The number of aliphatic carboxylic acids is 1. The van der Waals surface area contributed by atoms with Crippen molar-refractivity contribution in [1.29, 1.82) is 0 Å². The van der Waals surface area contributed by atoms with Crippen LogP contribution in [-0.4, -0.2) is 100 Å². The van der Waals surface area contributed by atoms with E-state index in [2.05, 4.69) is 31.9 Å². The van der Waals surface area contributed by atoms with Crippen molar-refractivity contribution in [3.05, 3.63) is 0 Å². The highest BCUT2D eigenvalue weighted by Gasteiger charge is 2.43. The predicted octanol–water partition coefficient (Wildman–Crippen LogP) is 3.71. The molecule has 4 aliphatic heterocycles. The zero-order chi connectivity index (χ0) is 33.5. The van der Waals surface area contributed by atoms with Gasteiger partial charge in [0.25, 0.3) is 0 Å². The predicted molar refractivity (Wildman–Crippen MR) is 181 cm³/mol. The maximum atomic E-state index is 11.9. The van der Waals surface area contributed by atoms with Gasteiger partial charge in [-0.1, -0.05) is 25.7 Å². The van der Waals surface area contributed by atoms with E-state index in [-0.39, 0.29) is 54.7 Å². The summed E-state index contributed by atoms with van der Waals surface area (Å²) in [4.78, 5) is 56.3. The molecule has 0 aromatic carbocycles. The number of ether oxygens (including phenoxy) is 1. The first-order chi connectivity index (χ1) is 21.9. The third-order valence-corrected chi connectivity index (χ3v) is 11.3. The van der Waals surface area contributed by atoms with E-state index in [0.717, 1.165) is 75.7 Å². The number of carboxylic acids is 1. The fraction of sp³-hybridized carbons (Fsp3) is 0.839. The first kappa shape index (κ1) is 37.9. The Labute approximate surface area is 281 Å². The highest BCUT2D eigenvalue weighted by Crippen LogP contribution is 2.34. The van der Waals surface area contributed by atoms with E-state index in [0.29, 0.717) is 30.0 Å². The Hall–Kier alpha value is -2.55. The SMILES string of the molecule is CC(C)(C)OC(=O)NCCCCCCNC(=O)CCCC[C@@H]1SCC2NC(=O)N[C@@H]21.O=C(O)CCCC[C@@H]1SCC2NC(=O)N[C@@H]21. The quantitative estimate of drug-likeness (QED) is 0.0885. The average molecular weight is 687 g/mol. The lowest BCUT2D eigenvalue weighted by Crippen LogP contribution is -2.36. The van der Waals surface area contributed by atoms with E-state index in [1.165, 1.54) is 0 Å². The Bertz CT molecular complexity index is 1030. The topological polar surface area (TPSA) is 187 Å². The lowest BCUT2D eigenvalue weighted by molar-refractivity contribution is -0.137. The fourth-order valence-electron chi connectivity index (χ4n) is 5.96. The van der Waals surface area contributed by atoms with Crippen LogP contribution >= 0.6 is 23.5 Å². The van der Waals surface area contributed by atoms with E-state index in [1.807, 2.05) is 44.3 Å². The maximum absolute atomic E-state index is 11.9. The highest BCUT2D eigenvalue weighted by atomic mass is 32.2. The molecule has 0 saturated carbocycles. The molecule has 6 amide bonds. The third-order valence-electron chi connectivity index (χ3n) is 8.24. The molecule has 4 heterocycles. The molecular weight excluding hydrogens is 633 g/mol. The van der Waals surface area contributed by atoms with Crippen molar-refractivity contribution in [1.82, 2.24) is 31.9 Å². The molecule has 15 heteroatoms. The second-order valence-corrected chi connectivity index (χ2v) is 15.9. The molecule has 0 bridgehead atoms. The summed E-state index contributed by atoms with van der Waals surface area (Å²) in [6, 6.07) is 0.906. The molecule has 0 spiro atoms. The van der Waals surface area contributed by atoms with Crippen LogP contribution in [0.5, 0.6) is 0 Å². The normalized spacial score (nSPS) is 26.0. The largest absolute Gasteiger partial charge is 0.481 e. The summed E-state index contributed by atoms with van der Waals surface area (Å²) in [5.41, 5.74) is -0.466. The molecule has 4 rings (SSSR count). The van der Waals surface area contributed by atoms with Crippen molar-refractivity contribution in [2.75, 3.05) is 24.6 Å². The molecule has 4 saturated heterocycles. The van der Waals surface area contributed by atoms with Crippen LogP contribution in [0.2, 0.25) is 0 Å². The summed E-state index contributed by atoms with van der Waals surface area (Å²) in [6.07, 6.45) is 9.91. The number of carbonyl (C=O) groups is 5. The smallest absolute Gasteiger partial charge is 0.407 e. The van der Waals surface area contributed by atoms with Gasteiger partial charge in [-0.15, -0.1) is 0 Å². The molecule has 262 valence electrons. The van der Waals surface area contributed by atoms with Crippen LogP contribution < -0.4 is 31.9 Å². The Kier molecular flexibility index (Phi) is 15.9. The third kappa shape index (κ3) is 14.1. The van der Waals surface area contributed by atoms with Crippen LogP contribution in [0.15, 0.2) is 0 Å². The van der Waals surface area contributed by atoms with Crippen molar-refractivity contribution in [2.24, 2.45) is 0 Å². The molecular formula is C31H54N6O7S2. The second kappa shape index (κ2) is 19.3. The minimum Gasteiger partial charge on any atom is -0.481 e. The fourth-order valence-corrected chi connectivity index (χ4v) is 9.05. The standard InChI is InChI=1S/C21H38N4O4S.C10H16N2O3S/c1-21(2,3)29-20(28)23-13-9-5-4-8-12-22-17(26)11-7-6-10-16-18-15(14-30-16)24-19(27)25-18;13-8(14)4-2-1-3-7-9-6(5-16-7)11-10(15)12-9/h15-16,18H,4-14H2,1-3H3,(H,22,26)(H,23,28)(H2,24,25,27);6-7,9H,1-5H2,(H,13,14)(H2,11,12,15)/t15?,16-,18-;6?,7-,9-/m00/s1. The Morgan fingerprint density at radius 3 is 1.74 bits per heavy atom. The van der Waals surface area contributed by atoms with Crippen LogP contribution in [0.3, 0.4) is 0 Å². The monoisotopic (exact) mass is 686 g/mol. The van der Waals surface area contributed by atoms with Gasteiger partial charge < -0.3 is 41.7 Å². The Morgan fingerprint density at radius 2 is 1.24 bits per heavy atom. The lowest BCUT2D eigenvalue weighted by atomic mass is 10.0. The molecule has 46 heavy (non-hydrogen) atoms. The second-order valence-electron chi connectivity index (χ2n) is 13.3. The summed E-state index contributed by atoms with van der Waals surface area (Å²) in [5, 5.41) is 26.9. The number of hydrogen-bond donors (Lipinski definition) is 7. The minimum absolute atomic E-state index is 0.0472. The van der Waals surface area contributed by atoms with Gasteiger partial charge in [0.05, 0.1) is 24.2 Å². The molecule has 4 fully saturated rings. The number of unbranched alkanes of at least 4 members (excludes halogenated alkanes) is 5. The van der Waals surface area contributed by atoms with E-state index >= 15 is 0 Å². The number of thioether (sulfide) groups is 2. The van der Waals surface area contributed by atoms with E-state index < -0.39 is 11.6 Å². The van der Waals surface area contributed by atoms with Gasteiger partial charge in [0, 0.05) is 47.9 Å². The maximum Gasteiger partial charge on any atom is 0.407 e. The Morgan fingerprint density at radius 1 is 0.739 bits per heavy atom. The zero-order valence-corrected chi connectivity index (χ0v) is 29.1. The number of carbonyl (C=O) groups excluding carboxylic acids is 4. The zero-order valence-electron chi connectivity index (χ0n) is 27.5. The Balaban J connectivity index is 0.000000300. The number of alkyl carbamates (subject to hydrolysis) is 1. The van der Waals surface area contributed by atoms with Crippen LogP contribution in [0.25, 0.3) is 0 Å². The van der Waals surface area contributed by atoms with Gasteiger partial charge >= 0.3 is 24.1 Å². The van der Waals surface area contributed by atoms with Crippen molar-refractivity contribution in [2.45, 2.75) is 138 Å². The van der Waals surface area contributed by atoms with Gasteiger partial charge in [-0.2, -0.15) is 23.5 Å².